The highest BCUT2D eigenvalue weighted by molar-refractivity contribution is 7.16. The molecule has 3 rings (SSSR count). The van der Waals surface area contributed by atoms with Crippen molar-refractivity contribution in [1.29, 1.82) is 0 Å². The summed E-state index contributed by atoms with van der Waals surface area (Å²) in [5, 5.41) is 5.04. The number of benzene rings is 1. The van der Waals surface area contributed by atoms with Crippen molar-refractivity contribution in [3.05, 3.63) is 27.1 Å². The largest absolute Gasteiger partial charge is 0.494 e. The van der Waals surface area contributed by atoms with Crippen LogP contribution in [0.25, 0.3) is 11.3 Å². The van der Waals surface area contributed by atoms with Gasteiger partial charge >= 0.3 is 0 Å². The molecular formula is C17H21Cl2N3OS. The standard InChI is InChI=1S/C17H21Cl2N3OS/c1-10-5-4-6-22(10)9-14-15(21-17(20-2)24-14)11-7-12(18)16(23-3)13(19)8-11/h7-8,10H,4-6,9H2,1-3H3,(H,20,21). The second-order valence-corrected chi connectivity index (χ2v) is 7.87. The van der Waals surface area contributed by atoms with E-state index in [1.165, 1.54) is 17.7 Å². The summed E-state index contributed by atoms with van der Waals surface area (Å²) in [4.78, 5) is 8.46. The number of likely N-dealkylation sites (tertiary alicyclic amines) is 1. The maximum absolute atomic E-state index is 6.31. The first-order valence-electron chi connectivity index (χ1n) is 7.98. The van der Waals surface area contributed by atoms with Crippen LogP contribution in [-0.2, 0) is 6.54 Å². The summed E-state index contributed by atoms with van der Waals surface area (Å²) in [7, 11) is 3.45. The number of halogens is 2. The number of nitrogens with one attached hydrogen (secondary N) is 1. The van der Waals surface area contributed by atoms with Crippen molar-refractivity contribution in [2.24, 2.45) is 0 Å². The number of rotatable bonds is 5. The molecule has 2 aromatic rings. The number of aromatic nitrogens is 1. The van der Waals surface area contributed by atoms with E-state index in [0.717, 1.165) is 29.5 Å². The average Bonchev–Trinajstić information content (AvgIpc) is 3.14. The summed E-state index contributed by atoms with van der Waals surface area (Å²) in [6.45, 7) is 4.32. The minimum Gasteiger partial charge on any atom is -0.494 e. The molecule has 1 aliphatic rings. The molecule has 0 spiro atoms. The third kappa shape index (κ3) is 3.49. The second kappa shape index (κ2) is 7.48. The first kappa shape index (κ1) is 17.8. The Balaban J connectivity index is 1.99. The molecule has 1 aromatic carbocycles. The van der Waals surface area contributed by atoms with Crippen LogP contribution in [0.3, 0.4) is 0 Å². The normalized spacial score (nSPS) is 18.1. The van der Waals surface area contributed by atoms with Crippen molar-refractivity contribution < 1.29 is 4.74 Å². The molecular weight excluding hydrogens is 365 g/mol. The summed E-state index contributed by atoms with van der Waals surface area (Å²) in [6.07, 6.45) is 2.52. The van der Waals surface area contributed by atoms with Crippen LogP contribution in [-0.4, -0.2) is 36.6 Å². The highest BCUT2D eigenvalue weighted by Gasteiger charge is 2.24. The molecule has 0 aliphatic carbocycles. The fourth-order valence-corrected chi connectivity index (χ4v) is 4.70. The zero-order valence-corrected chi connectivity index (χ0v) is 16.4. The Morgan fingerprint density at radius 3 is 2.62 bits per heavy atom. The predicted molar refractivity (Wildman–Crippen MR) is 103 cm³/mol. The molecule has 1 atom stereocenters. The van der Waals surface area contributed by atoms with E-state index in [2.05, 4.69) is 17.1 Å². The van der Waals surface area contributed by atoms with Crippen molar-refractivity contribution in [2.75, 3.05) is 26.0 Å². The Hall–Kier alpha value is -1.01. The lowest BCUT2D eigenvalue weighted by Gasteiger charge is -2.20. The summed E-state index contributed by atoms with van der Waals surface area (Å²) in [6, 6.07) is 4.36. The number of ether oxygens (including phenoxy) is 1. The van der Waals surface area contributed by atoms with Crippen molar-refractivity contribution >= 4 is 39.7 Å². The van der Waals surface area contributed by atoms with Gasteiger partial charge in [0.1, 0.15) is 0 Å². The van der Waals surface area contributed by atoms with Crippen molar-refractivity contribution in [2.45, 2.75) is 32.4 Å². The number of anilines is 1. The lowest BCUT2D eigenvalue weighted by Crippen LogP contribution is -2.25. The van der Waals surface area contributed by atoms with Gasteiger partial charge in [-0.2, -0.15) is 0 Å². The zero-order chi connectivity index (χ0) is 17.3. The molecule has 1 N–H and O–H groups in total. The van der Waals surface area contributed by atoms with Crippen molar-refractivity contribution in [1.82, 2.24) is 9.88 Å². The van der Waals surface area contributed by atoms with Gasteiger partial charge in [-0.15, -0.1) is 11.3 Å². The Morgan fingerprint density at radius 1 is 1.38 bits per heavy atom. The molecule has 7 heteroatoms. The highest BCUT2D eigenvalue weighted by atomic mass is 35.5. The number of hydrogen-bond acceptors (Lipinski definition) is 5. The van der Waals surface area contributed by atoms with E-state index < -0.39 is 0 Å². The topological polar surface area (TPSA) is 37.4 Å². The van der Waals surface area contributed by atoms with Gasteiger partial charge in [-0.05, 0) is 38.4 Å². The molecule has 1 saturated heterocycles. The summed E-state index contributed by atoms with van der Waals surface area (Å²) in [5.74, 6) is 0.501. The van der Waals surface area contributed by atoms with E-state index in [4.69, 9.17) is 32.9 Å². The van der Waals surface area contributed by atoms with Crippen LogP contribution in [0.5, 0.6) is 5.75 Å². The zero-order valence-electron chi connectivity index (χ0n) is 14.0. The summed E-state index contributed by atoms with van der Waals surface area (Å²) >= 11 is 14.3. The van der Waals surface area contributed by atoms with Crippen LogP contribution in [0.4, 0.5) is 5.13 Å². The molecule has 1 aromatic heterocycles. The number of nitrogens with zero attached hydrogens (tertiary/aromatic N) is 2. The molecule has 4 nitrogen and oxygen atoms in total. The van der Waals surface area contributed by atoms with E-state index in [1.807, 2.05) is 19.2 Å². The Kier molecular flexibility index (Phi) is 5.55. The van der Waals surface area contributed by atoms with Crippen LogP contribution in [0.2, 0.25) is 10.0 Å². The maximum atomic E-state index is 6.31. The molecule has 24 heavy (non-hydrogen) atoms. The van der Waals surface area contributed by atoms with Crippen LogP contribution in [0, 0.1) is 0 Å². The molecule has 130 valence electrons. The van der Waals surface area contributed by atoms with Gasteiger partial charge in [0.05, 0.1) is 22.8 Å². The minimum absolute atomic E-state index is 0.500. The molecule has 0 amide bonds. The fourth-order valence-electron chi connectivity index (χ4n) is 3.10. The van der Waals surface area contributed by atoms with E-state index in [1.54, 1.807) is 18.4 Å². The maximum Gasteiger partial charge on any atom is 0.183 e. The van der Waals surface area contributed by atoms with Crippen molar-refractivity contribution in [3.63, 3.8) is 0 Å². The molecule has 0 radical (unpaired) electrons. The number of hydrogen-bond donors (Lipinski definition) is 1. The summed E-state index contributed by atoms with van der Waals surface area (Å²) < 4.78 is 5.24. The smallest absolute Gasteiger partial charge is 0.183 e. The average molecular weight is 386 g/mol. The molecule has 1 unspecified atom stereocenters. The number of methoxy groups -OCH3 is 1. The first-order valence-corrected chi connectivity index (χ1v) is 9.55. The lowest BCUT2D eigenvalue weighted by molar-refractivity contribution is 0.263. The van der Waals surface area contributed by atoms with E-state index in [-0.39, 0.29) is 0 Å². The predicted octanol–water partition coefficient (Wildman–Crippen LogP) is 5.15. The van der Waals surface area contributed by atoms with Gasteiger partial charge in [-0.25, -0.2) is 4.98 Å². The molecule has 1 fully saturated rings. The fraction of sp³-hybridized carbons (Fsp3) is 0.471. The van der Waals surface area contributed by atoms with Crippen LogP contribution in [0.1, 0.15) is 24.6 Å². The first-order chi connectivity index (χ1) is 11.5. The second-order valence-electron chi connectivity index (χ2n) is 5.98. The Labute approximate surface area is 156 Å². The molecule has 0 saturated carbocycles. The van der Waals surface area contributed by atoms with Gasteiger partial charge in [0, 0.05) is 30.1 Å². The Bertz CT molecular complexity index is 712. The van der Waals surface area contributed by atoms with E-state index in [0.29, 0.717) is 21.8 Å². The molecule has 2 heterocycles. The van der Waals surface area contributed by atoms with Crippen molar-refractivity contribution in [3.8, 4) is 17.0 Å². The third-order valence-corrected chi connectivity index (χ3v) is 6.04. The van der Waals surface area contributed by atoms with Gasteiger partial charge in [-0.1, -0.05) is 23.2 Å². The van der Waals surface area contributed by atoms with Crippen LogP contribution in [0.15, 0.2) is 12.1 Å². The van der Waals surface area contributed by atoms with Gasteiger partial charge in [0.25, 0.3) is 0 Å². The number of thiazole rings is 1. The SMILES string of the molecule is CNc1nc(-c2cc(Cl)c(OC)c(Cl)c2)c(CN2CCCC2C)s1. The summed E-state index contributed by atoms with van der Waals surface area (Å²) in [5.41, 5.74) is 1.86. The molecule has 0 bridgehead atoms. The van der Waals surface area contributed by atoms with Gasteiger partial charge < -0.3 is 10.1 Å². The van der Waals surface area contributed by atoms with E-state index in [9.17, 15) is 0 Å². The van der Waals surface area contributed by atoms with Crippen LogP contribution >= 0.6 is 34.5 Å². The Morgan fingerprint density at radius 2 is 2.08 bits per heavy atom. The minimum atomic E-state index is 0.500. The van der Waals surface area contributed by atoms with Gasteiger partial charge in [0.15, 0.2) is 10.9 Å². The van der Waals surface area contributed by atoms with Crippen LogP contribution < -0.4 is 10.1 Å². The lowest BCUT2D eigenvalue weighted by atomic mass is 10.1. The van der Waals surface area contributed by atoms with Gasteiger partial charge in [-0.3, -0.25) is 4.90 Å². The third-order valence-electron chi connectivity index (χ3n) is 4.42. The van der Waals surface area contributed by atoms with Gasteiger partial charge in [0.2, 0.25) is 0 Å². The quantitative estimate of drug-likeness (QED) is 0.771. The van der Waals surface area contributed by atoms with E-state index >= 15 is 0 Å². The monoisotopic (exact) mass is 385 g/mol. The molecule has 1 aliphatic heterocycles. The highest BCUT2D eigenvalue weighted by Crippen LogP contribution is 2.40.